The van der Waals surface area contributed by atoms with Gasteiger partial charge in [0.1, 0.15) is 5.65 Å². The van der Waals surface area contributed by atoms with Crippen LogP contribution in [0.4, 0.5) is 0 Å². The maximum Gasteiger partial charge on any atom is 0.137 e. The lowest BCUT2D eigenvalue weighted by molar-refractivity contribution is 0.0698. The molecule has 18 heavy (non-hydrogen) atoms. The molecule has 0 saturated carbocycles. The van der Waals surface area contributed by atoms with Crippen molar-refractivity contribution in [2.45, 2.75) is 32.4 Å². The number of nitrogens with one attached hydrogen (secondary N) is 1. The molecule has 96 valence electrons. The van der Waals surface area contributed by atoms with Gasteiger partial charge in [-0.3, -0.25) is 0 Å². The van der Waals surface area contributed by atoms with Crippen LogP contribution in [0.1, 0.15) is 24.2 Å². The Balaban J connectivity index is 1.75. The zero-order valence-electron chi connectivity index (χ0n) is 10.7. The molecule has 1 fully saturated rings. The van der Waals surface area contributed by atoms with E-state index in [2.05, 4.69) is 27.8 Å². The van der Waals surface area contributed by atoms with Crippen molar-refractivity contribution >= 4 is 5.65 Å². The van der Waals surface area contributed by atoms with Crippen LogP contribution in [-0.2, 0) is 11.3 Å². The van der Waals surface area contributed by atoms with Crippen molar-refractivity contribution in [3.63, 3.8) is 0 Å². The number of hydrogen-bond donors (Lipinski definition) is 1. The number of aryl methyl sites for hydroxylation is 1. The van der Waals surface area contributed by atoms with Crippen LogP contribution in [-0.4, -0.2) is 28.6 Å². The van der Waals surface area contributed by atoms with E-state index >= 15 is 0 Å². The largest absolute Gasteiger partial charge is 0.380 e. The van der Waals surface area contributed by atoms with Crippen LogP contribution in [0.15, 0.2) is 24.4 Å². The molecular weight excluding hydrogens is 226 g/mol. The van der Waals surface area contributed by atoms with Gasteiger partial charge >= 0.3 is 0 Å². The van der Waals surface area contributed by atoms with Crippen molar-refractivity contribution in [3.05, 3.63) is 35.8 Å². The van der Waals surface area contributed by atoms with Gasteiger partial charge in [-0.15, -0.1) is 0 Å². The third kappa shape index (κ3) is 2.26. The summed E-state index contributed by atoms with van der Waals surface area (Å²) in [5, 5.41) is 3.57. The van der Waals surface area contributed by atoms with Crippen molar-refractivity contribution in [3.8, 4) is 0 Å². The van der Waals surface area contributed by atoms with Gasteiger partial charge in [0, 0.05) is 25.4 Å². The van der Waals surface area contributed by atoms with Crippen LogP contribution in [0.2, 0.25) is 0 Å². The average Bonchev–Trinajstić information content (AvgIpc) is 2.73. The lowest BCUT2D eigenvalue weighted by Crippen LogP contribution is -2.36. The third-order valence-electron chi connectivity index (χ3n) is 3.55. The number of fused-ring (bicyclic) bond motifs is 1. The van der Waals surface area contributed by atoms with Crippen molar-refractivity contribution < 1.29 is 4.74 Å². The highest BCUT2D eigenvalue weighted by molar-refractivity contribution is 5.42. The Bertz CT molecular complexity index is 529. The second-order valence-electron chi connectivity index (χ2n) is 4.87. The molecule has 4 heteroatoms. The summed E-state index contributed by atoms with van der Waals surface area (Å²) in [6.07, 6.45) is 4.43. The van der Waals surface area contributed by atoms with E-state index in [0.29, 0.717) is 6.04 Å². The van der Waals surface area contributed by atoms with Gasteiger partial charge in [-0.1, -0.05) is 6.07 Å². The average molecular weight is 245 g/mol. The second-order valence-corrected chi connectivity index (χ2v) is 4.87. The van der Waals surface area contributed by atoms with Crippen molar-refractivity contribution in [1.82, 2.24) is 14.7 Å². The predicted octanol–water partition coefficient (Wildman–Crippen LogP) is 1.91. The normalized spacial score (nSPS) is 20.4. The van der Waals surface area contributed by atoms with E-state index in [1.165, 1.54) is 12.1 Å². The molecule has 0 bridgehead atoms. The van der Waals surface area contributed by atoms with E-state index in [0.717, 1.165) is 37.5 Å². The summed E-state index contributed by atoms with van der Waals surface area (Å²) in [5.74, 6) is 0. The molecule has 1 N–H and O–H groups in total. The molecule has 1 unspecified atom stereocenters. The van der Waals surface area contributed by atoms with Gasteiger partial charge in [0.2, 0.25) is 0 Å². The molecule has 1 saturated heterocycles. The summed E-state index contributed by atoms with van der Waals surface area (Å²) in [6, 6.07) is 6.59. The minimum atomic E-state index is 0.479. The molecule has 0 amide bonds. The van der Waals surface area contributed by atoms with Crippen LogP contribution < -0.4 is 5.32 Å². The number of aromatic nitrogens is 2. The Morgan fingerprint density at radius 1 is 1.50 bits per heavy atom. The third-order valence-corrected chi connectivity index (χ3v) is 3.55. The van der Waals surface area contributed by atoms with Gasteiger partial charge in [0.05, 0.1) is 18.0 Å². The molecule has 2 aromatic heterocycles. The molecule has 1 atom stereocenters. The smallest absolute Gasteiger partial charge is 0.137 e. The Kier molecular flexibility index (Phi) is 3.30. The molecule has 0 aromatic carbocycles. The van der Waals surface area contributed by atoms with E-state index in [-0.39, 0.29) is 0 Å². The summed E-state index contributed by atoms with van der Waals surface area (Å²) >= 11 is 0. The van der Waals surface area contributed by atoms with Crippen LogP contribution in [0, 0.1) is 6.92 Å². The summed E-state index contributed by atoms with van der Waals surface area (Å²) in [5.41, 5.74) is 3.37. The number of hydrogen-bond acceptors (Lipinski definition) is 3. The van der Waals surface area contributed by atoms with E-state index in [4.69, 9.17) is 4.74 Å². The van der Waals surface area contributed by atoms with E-state index < -0.39 is 0 Å². The van der Waals surface area contributed by atoms with Crippen LogP contribution in [0.3, 0.4) is 0 Å². The van der Waals surface area contributed by atoms with Gasteiger partial charge in [0.15, 0.2) is 0 Å². The minimum Gasteiger partial charge on any atom is -0.380 e. The van der Waals surface area contributed by atoms with Gasteiger partial charge in [-0.05, 0) is 31.9 Å². The molecular formula is C14H19N3O. The van der Waals surface area contributed by atoms with Crippen LogP contribution >= 0.6 is 0 Å². The summed E-state index contributed by atoms with van der Waals surface area (Å²) in [6.45, 7) is 4.66. The van der Waals surface area contributed by atoms with E-state index in [9.17, 15) is 0 Å². The van der Waals surface area contributed by atoms with Crippen molar-refractivity contribution in [2.75, 3.05) is 13.2 Å². The number of pyridine rings is 1. The van der Waals surface area contributed by atoms with Crippen molar-refractivity contribution in [2.24, 2.45) is 0 Å². The Hall–Kier alpha value is -1.39. The maximum atomic E-state index is 5.48. The number of ether oxygens (including phenoxy) is 1. The first-order valence-corrected chi connectivity index (χ1v) is 6.58. The van der Waals surface area contributed by atoms with Crippen LogP contribution in [0.5, 0.6) is 0 Å². The fourth-order valence-electron chi connectivity index (χ4n) is 2.52. The topological polar surface area (TPSA) is 38.6 Å². The summed E-state index contributed by atoms with van der Waals surface area (Å²) in [7, 11) is 0. The Labute approximate surface area is 107 Å². The number of nitrogens with zero attached hydrogens (tertiary/aromatic N) is 2. The zero-order valence-corrected chi connectivity index (χ0v) is 10.7. The number of rotatable bonds is 3. The Morgan fingerprint density at radius 2 is 2.44 bits per heavy atom. The highest BCUT2D eigenvalue weighted by atomic mass is 16.5. The fourth-order valence-corrected chi connectivity index (χ4v) is 2.52. The van der Waals surface area contributed by atoms with Crippen molar-refractivity contribution in [1.29, 1.82) is 0 Å². The maximum absolute atomic E-state index is 5.48. The first-order valence-electron chi connectivity index (χ1n) is 6.58. The Morgan fingerprint density at radius 3 is 3.28 bits per heavy atom. The van der Waals surface area contributed by atoms with Gasteiger partial charge in [0.25, 0.3) is 0 Å². The van der Waals surface area contributed by atoms with Gasteiger partial charge < -0.3 is 14.5 Å². The number of imidazole rings is 1. The van der Waals surface area contributed by atoms with Crippen LogP contribution in [0.25, 0.3) is 5.65 Å². The second kappa shape index (κ2) is 5.08. The first kappa shape index (κ1) is 11.7. The first-order chi connectivity index (χ1) is 8.84. The lowest BCUT2D eigenvalue weighted by atomic mass is 10.1. The highest BCUT2D eigenvalue weighted by Gasteiger charge is 2.15. The van der Waals surface area contributed by atoms with Gasteiger partial charge in [-0.2, -0.15) is 0 Å². The SMILES string of the molecule is Cc1nc2ccccn2c1CNC1CCCOC1. The zero-order chi connectivity index (χ0) is 12.4. The lowest BCUT2D eigenvalue weighted by Gasteiger charge is -2.23. The molecule has 4 nitrogen and oxygen atoms in total. The molecule has 0 aliphatic carbocycles. The molecule has 3 heterocycles. The molecule has 3 rings (SSSR count). The molecule has 1 aliphatic heterocycles. The summed E-state index contributed by atoms with van der Waals surface area (Å²) < 4.78 is 7.64. The quantitative estimate of drug-likeness (QED) is 0.897. The standard InChI is InChI=1S/C14H19N3O/c1-11-13(9-15-12-5-4-8-18-10-12)17-7-3-2-6-14(17)16-11/h2-3,6-7,12,15H,4-5,8-10H2,1H3. The predicted molar refractivity (Wildman–Crippen MR) is 70.6 cm³/mol. The monoisotopic (exact) mass is 245 g/mol. The molecule has 2 aromatic rings. The van der Waals surface area contributed by atoms with E-state index in [1.54, 1.807) is 0 Å². The van der Waals surface area contributed by atoms with Gasteiger partial charge in [-0.25, -0.2) is 4.98 Å². The fraction of sp³-hybridized carbons (Fsp3) is 0.500. The van der Waals surface area contributed by atoms with E-state index in [1.807, 2.05) is 18.2 Å². The summed E-state index contributed by atoms with van der Waals surface area (Å²) in [4.78, 5) is 4.57. The minimum absolute atomic E-state index is 0.479. The molecule has 1 aliphatic rings. The molecule has 0 spiro atoms. The molecule has 0 radical (unpaired) electrons. The highest BCUT2D eigenvalue weighted by Crippen LogP contribution is 2.13.